The van der Waals surface area contributed by atoms with E-state index in [-0.39, 0.29) is 28.4 Å². The van der Waals surface area contributed by atoms with Crippen LogP contribution < -0.4 is 13.8 Å². The van der Waals surface area contributed by atoms with Crippen LogP contribution in [-0.4, -0.2) is 65.7 Å². The molecule has 3 rings (SSSR count). The van der Waals surface area contributed by atoms with Gasteiger partial charge in [-0.25, -0.2) is 8.42 Å². The van der Waals surface area contributed by atoms with E-state index in [1.165, 1.54) is 32.4 Å². The van der Waals surface area contributed by atoms with Crippen molar-refractivity contribution in [2.75, 3.05) is 44.8 Å². The quantitative estimate of drug-likeness (QED) is 0.463. The number of esters is 1. The predicted octanol–water partition coefficient (Wildman–Crippen LogP) is 3.35. The van der Waals surface area contributed by atoms with E-state index in [0.717, 1.165) is 4.31 Å². The van der Waals surface area contributed by atoms with Gasteiger partial charge in [-0.2, -0.15) is 0 Å². The van der Waals surface area contributed by atoms with Crippen LogP contribution in [0.4, 0.5) is 5.69 Å². The number of likely N-dealkylation sites (tertiary alicyclic amines) is 1. The Kier molecular flexibility index (Phi) is 8.85. The second kappa shape index (κ2) is 11.6. The van der Waals surface area contributed by atoms with Crippen molar-refractivity contribution in [3.8, 4) is 11.5 Å². The molecular weight excluding hydrogens is 496 g/mol. The van der Waals surface area contributed by atoms with Gasteiger partial charge < -0.3 is 19.1 Å². The van der Waals surface area contributed by atoms with Crippen LogP contribution in [0.5, 0.6) is 11.5 Å². The molecule has 0 unspecified atom stereocenters. The van der Waals surface area contributed by atoms with Crippen LogP contribution in [-0.2, 0) is 24.3 Å². The lowest BCUT2D eigenvalue weighted by molar-refractivity contribution is -0.151. The van der Waals surface area contributed by atoms with E-state index in [4.69, 9.17) is 25.8 Å². The molecule has 0 saturated carbocycles. The summed E-state index contributed by atoms with van der Waals surface area (Å²) >= 11 is 6.00. The van der Waals surface area contributed by atoms with Crippen molar-refractivity contribution in [1.82, 2.24) is 4.90 Å². The van der Waals surface area contributed by atoms with Crippen LogP contribution in [0.3, 0.4) is 0 Å². The average Bonchev–Trinajstić information content (AvgIpc) is 2.87. The van der Waals surface area contributed by atoms with Gasteiger partial charge in [0.1, 0.15) is 6.54 Å². The third-order valence-corrected chi connectivity index (χ3v) is 7.83. The van der Waals surface area contributed by atoms with Crippen molar-refractivity contribution >= 4 is 39.2 Å². The van der Waals surface area contributed by atoms with E-state index < -0.39 is 16.6 Å². The van der Waals surface area contributed by atoms with E-state index in [9.17, 15) is 18.0 Å². The van der Waals surface area contributed by atoms with Crippen LogP contribution in [0, 0.1) is 5.92 Å². The Bertz CT molecular complexity index is 1150. The molecule has 0 radical (unpaired) electrons. The second-order valence-electron chi connectivity index (χ2n) is 7.91. The predicted molar refractivity (Wildman–Crippen MR) is 131 cm³/mol. The van der Waals surface area contributed by atoms with Gasteiger partial charge >= 0.3 is 5.97 Å². The van der Waals surface area contributed by atoms with E-state index >= 15 is 0 Å². The molecule has 0 bridgehead atoms. The highest BCUT2D eigenvalue weighted by molar-refractivity contribution is 7.92. The molecule has 0 N–H and O–H groups in total. The molecule has 2 aromatic rings. The standard InChI is InChI=1S/C24H29ClN2O7S/c1-4-34-24(29)17-11-13-26(14-12-17)23(28)16-27(19-7-5-18(25)6-8-19)35(30,31)20-9-10-21(32-2)22(15-20)33-3/h5-10,15,17H,4,11-14,16H2,1-3H3. The summed E-state index contributed by atoms with van der Waals surface area (Å²) in [5.41, 5.74) is 0.291. The Labute approximate surface area is 210 Å². The fourth-order valence-electron chi connectivity index (χ4n) is 3.87. The summed E-state index contributed by atoms with van der Waals surface area (Å²) in [6.45, 7) is 2.32. The number of hydrogen-bond acceptors (Lipinski definition) is 7. The van der Waals surface area contributed by atoms with Crippen molar-refractivity contribution in [2.45, 2.75) is 24.7 Å². The molecule has 0 spiro atoms. The first-order valence-electron chi connectivity index (χ1n) is 11.2. The Morgan fingerprint density at radius 3 is 2.23 bits per heavy atom. The number of carbonyl (C=O) groups excluding carboxylic acids is 2. The summed E-state index contributed by atoms with van der Waals surface area (Å²) < 4.78 is 44.0. The molecule has 1 saturated heterocycles. The second-order valence-corrected chi connectivity index (χ2v) is 10.2. The van der Waals surface area contributed by atoms with Crippen molar-refractivity contribution in [2.24, 2.45) is 5.92 Å². The van der Waals surface area contributed by atoms with Gasteiger partial charge in [-0.3, -0.25) is 13.9 Å². The number of ether oxygens (including phenoxy) is 3. The Hall–Kier alpha value is -2.98. The van der Waals surface area contributed by atoms with Gasteiger partial charge in [0.05, 0.1) is 37.3 Å². The summed E-state index contributed by atoms with van der Waals surface area (Å²) in [5, 5.41) is 0.435. The largest absolute Gasteiger partial charge is 0.493 e. The lowest BCUT2D eigenvalue weighted by Crippen LogP contribution is -2.46. The van der Waals surface area contributed by atoms with Gasteiger partial charge in [-0.1, -0.05) is 11.6 Å². The smallest absolute Gasteiger partial charge is 0.309 e. The average molecular weight is 525 g/mol. The van der Waals surface area contributed by atoms with Crippen LogP contribution in [0.25, 0.3) is 0 Å². The fourth-order valence-corrected chi connectivity index (χ4v) is 5.43. The number of methoxy groups -OCH3 is 2. The minimum absolute atomic E-state index is 0.0566. The summed E-state index contributed by atoms with van der Waals surface area (Å²) in [6, 6.07) is 10.4. The number of sulfonamides is 1. The molecule has 1 fully saturated rings. The zero-order valence-corrected chi connectivity index (χ0v) is 21.5. The van der Waals surface area contributed by atoms with Gasteiger partial charge in [-0.15, -0.1) is 0 Å². The lowest BCUT2D eigenvalue weighted by Gasteiger charge is -2.33. The highest BCUT2D eigenvalue weighted by atomic mass is 35.5. The molecule has 1 heterocycles. The van der Waals surface area contributed by atoms with Crippen LogP contribution in [0.2, 0.25) is 5.02 Å². The minimum atomic E-state index is -4.16. The molecule has 11 heteroatoms. The molecule has 2 aromatic carbocycles. The van der Waals surface area contributed by atoms with Crippen molar-refractivity contribution in [3.63, 3.8) is 0 Å². The van der Waals surface area contributed by atoms with Crippen molar-refractivity contribution in [1.29, 1.82) is 0 Å². The maximum Gasteiger partial charge on any atom is 0.309 e. The van der Waals surface area contributed by atoms with E-state index in [0.29, 0.717) is 49.0 Å². The number of anilines is 1. The first-order chi connectivity index (χ1) is 16.7. The monoisotopic (exact) mass is 524 g/mol. The van der Waals surface area contributed by atoms with Gasteiger partial charge in [-0.05, 0) is 56.2 Å². The Morgan fingerprint density at radius 1 is 1.03 bits per heavy atom. The molecule has 0 aliphatic carbocycles. The summed E-state index contributed by atoms with van der Waals surface area (Å²) in [6.07, 6.45) is 0.932. The number of hydrogen-bond donors (Lipinski definition) is 0. The lowest BCUT2D eigenvalue weighted by atomic mass is 9.97. The molecular formula is C24H29ClN2O7S. The van der Waals surface area contributed by atoms with E-state index in [1.54, 1.807) is 36.1 Å². The van der Waals surface area contributed by atoms with Crippen LogP contribution in [0.1, 0.15) is 19.8 Å². The normalized spacial score (nSPS) is 14.3. The Morgan fingerprint density at radius 2 is 1.66 bits per heavy atom. The van der Waals surface area contributed by atoms with Gasteiger partial charge in [0.2, 0.25) is 5.91 Å². The molecule has 1 amide bonds. The fraction of sp³-hybridized carbons (Fsp3) is 0.417. The number of piperidine rings is 1. The van der Waals surface area contributed by atoms with Crippen molar-refractivity contribution in [3.05, 3.63) is 47.5 Å². The summed E-state index contributed by atoms with van der Waals surface area (Å²) in [4.78, 5) is 26.7. The Balaban J connectivity index is 1.87. The molecule has 0 atom stereocenters. The number of halogens is 1. The third-order valence-electron chi connectivity index (χ3n) is 5.80. The number of benzene rings is 2. The maximum atomic E-state index is 13.7. The first-order valence-corrected chi connectivity index (χ1v) is 13.0. The van der Waals surface area contributed by atoms with Gasteiger partial charge in [0.15, 0.2) is 11.5 Å². The zero-order chi connectivity index (χ0) is 25.6. The SMILES string of the molecule is CCOC(=O)C1CCN(C(=O)CN(c2ccc(Cl)cc2)S(=O)(=O)c2ccc(OC)c(OC)c2)CC1. The maximum absolute atomic E-state index is 13.7. The highest BCUT2D eigenvalue weighted by Crippen LogP contribution is 2.32. The zero-order valence-electron chi connectivity index (χ0n) is 19.9. The molecule has 0 aromatic heterocycles. The van der Waals surface area contributed by atoms with E-state index in [2.05, 4.69) is 0 Å². The van der Waals surface area contributed by atoms with Crippen molar-refractivity contribution < 1.29 is 32.2 Å². The first kappa shape index (κ1) is 26.6. The molecule has 35 heavy (non-hydrogen) atoms. The topological polar surface area (TPSA) is 102 Å². The number of nitrogens with zero attached hydrogens (tertiary/aromatic N) is 2. The number of carbonyl (C=O) groups is 2. The van der Waals surface area contributed by atoms with Gasteiger partial charge in [0, 0.05) is 24.2 Å². The molecule has 190 valence electrons. The van der Waals surface area contributed by atoms with Crippen LogP contribution >= 0.6 is 11.6 Å². The molecule has 1 aliphatic rings. The number of amides is 1. The number of rotatable bonds is 9. The summed E-state index contributed by atoms with van der Waals surface area (Å²) in [5.74, 6) is -0.270. The third kappa shape index (κ3) is 6.18. The van der Waals surface area contributed by atoms with E-state index in [1.807, 2.05) is 0 Å². The molecule has 9 nitrogen and oxygen atoms in total. The van der Waals surface area contributed by atoms with Gasteiger partial charge in [0.25, 0.3) is 10.0 Å². The molecule has 1 aliphatic heterocycles. The minimum Gasteiger partial charge on any atom is -0.493 e. The summed E-state index contributed by atoms with van der Waals surface area (Å²) in [7, 11) is -1.29. The highest BCUT2D eigenvalue weighted by Gasteiger charge is 2.33. The van der Waals surface area contributed by atoms with Crippen LogP contribution in [0.15, 0.2) is 47.4 Å².